The quantitative estimate of drug-likeness (QED) is 0.806. The van der Waals surface area contributed by atoms with E-state index < -0.39 is 0 Å². The minimum atomic E-state index is -0.270. The average molecular weight is 324 g/mol. The van der Waals surface area contributed by atoms with E-state index in [1.807, 2.05) is 0 Å². The SMILES string of the molecule is O=C(Nc1cccc(C(=O)Nc2ccccn2)c1)NC1CCCC1. The van der Waals surface area contributed by atoms with E-state index in [1.54, 1.807) is 48.7 Å². The summed E-state index contributed by atoms with van der Waals surface area (Å²) >= 11 is 0. The summed E-state index contributed by atoms with van der Waals surface area (Å²) < 4.78 is 0. The van der Waals surface area contributed by atoms with E-state index in [9.17, 15) is 9.59 Å². The van der Waals surface area contributed by atoms with Gasteiger partial charge in [0.2, 0.25) is 0 Å². The van der Waals surface area contributed by atoms with E-state index in [0.29, 0.717) is 17.1 Å². The Labute approximate surface area is 140 Å². The predicted octanol–water partition coefficient (Wildman–Crippen LogP) is 3.40. The van der Waals surface area contributed by atoms with Crippen LogP contribution in [0.15, 0.2) is 48.7 Å². The lowest BCUT2D eigenvalue weighted by atomic mass is 10.2. The number of nitrogens with zero attached hydrogens (tertiary/aromatic N) is 1. The fraction of sp³-hybridized carbons (Fsp3) is 0.278. The van der Waals surface area contributed by atoms with E-state index in [4.69, 9.17) is 0 Å². The van der Waals surface area contributed by atoms with E-state index in [2.05, 4.69) is 20.9 Å². The molecule has 124 valence electrons. The molecule has 1 aromatic heterocycles. The summed E-state index contributed by atoms with van der Waals surface area (Å²) in [7, 11) is 0. The van der Waals surface area contributed by atoms with Gasteiger partial charge in [0.1, 0.15) is 5.82 Å². The smallest absolute Gasteiger partial charge is 0.319 e. The molecule has 24 heavy (non-hydrogen) atoms. The van der Waals surface area contributed by atoms with Gasteiger partial charge in [-0.05, 0) is 43.2 Å². The Morgan fingerprint density at radius 1 is 1.00 bits per heavy atom. The van der Waals surface area contributed by atoms with Crippen molar-refractivity contribution in [1.82, 2.24) is 10.3 Å². The maximum Gasteiger partial charge on any atom is 0.319 e. The lowest BCUT2D eigenvalue weighted by Gasteiger charge is -2.13. The molecule has 1 heterocycles. The van der Waals surface area contributed by atoms with Crippen molar-refractivity contribution in [3.05, 3.63) is 54.2 Å². The summed E-state index contributed by atoms with van der Waals surface area (Å²) in [5.41, 5.74) is 1.04. The van der Waals surface area contributed by atoms with Gasteiger partial charge in [-0.1, -0.05) is 25.0 Å². The van der Waals surface area contributed by atoms with Crippen LogP contribution in [0, 0.1) is 0 Å². The zero-order valence-electron chi connectivity index (χ0n) is 13.3. The van der Waals surface area contributed by atoms with Gasteiger partial charge in [-0.15, -0.1) is 0 Å². The van der Waals surface area contributed by atoms with Crippen molar-refractivity contribution < 1.29 is 9.59 Å². The standard InChI is InChI=1S/C18H20N4O2/c23-17(22-16-10-3-4-11-19-16)13-6-5-9-15(12-13)21-18(24)20-14-7-1-2-8-14/h3-6,9-12,14H,1-2,7-8H2,(H,19,22,23)(H2,20,21,24). The molecule has 0 spiro atoms. The summed E-state index contributed by atoms with van der Waals surface area (Å²) in [6, 6.07) is 12.1. The molecule has 3 N–H and O–H groups in total. The van der Waals surface area contributed by atoms with Crippen LogP contribution in [0.2, 0.25) is 0 Å². The maximum absolute atomic E-state index is 12.3. The van der Waals surface area contributed by atoms with Crippen molar-refractivity contribution in [3.8, 4) is 0 Å². The topological polar surface area (TPSA) is 83.1 Å². The monoisotopic (exact) mass is 324 g/mol. The second-order valence-electron chi connectivity index (χ2n) is 5.83. The van der Waals surface area contributed by atoms with Gasteiger partial charge < -0.3 is 16.0 Å². The van der Waals surface area contributed by atoms with Crippen molar-refractivity contribution in [1.29, 1.82) is 0 Å². The number of benzene rings is 1. The number of amides is 3. The van der Waals surface area contributed by atoms with Gasteiger partial charge in [-0.3, -0.25) is 4.79 Å². The molecule has 0 saturated heterocycles. The number of carbonyl (C=O) groups excluding carboxylic acids is 2. The van der Waals surface area contributed by atoms with Gasteiger partial charge in [0.15, 0.2) is 0 Å². The molecule has 1 aliphatic rings. The number of urea groups is 1. The van der Waals surface area contributed by atoms with Crippen LogP contribution in [0.4, 0.5) is 16.3 Å². The number of rotatable bonds is 4. The first-order valence-electron chi connectivity index (χ1n) is 8.11. The van der Waals surface area contributed by atoms with Crippen LogP contribution >= 0.6 is 0 Å². The lowest BCUT2D eigenvalue weighted by Crippen LogP contribution is -2.36. The second-order valence-corrected chi connectivity index (χ2v) is 5.83. The third-order valence-electron chi connectivity index (χ3n) is 3.98. The van der Waals surface area contributed by atoms with Crippen molar-refractivity contribution in [3.63, 3.8) is 0 Å². The minimum absolute atomic E-state index is 0.232. The van der Waals surface area contributed by atoms with Gasteiger partial charge >= 0.3 is 6.03 Å². The second kappa shape index (κ2) is 7.59. The minimum Gasteiger partial charge on any atom is -0.335 e. The first-order valence-corrected chi connectivity index (χ1v) is 8.11. The average Bonchev–Trinajstić information content (AvgIpc) is 3.09. The molecule has 0 bridgehead atoms. The summed E-state index contributed by atoms with van der Waals surface area (Å²) in [5.74, 6) is 0.216. The molecule has 6 heteroatoms. The van der Waals surface area contributed by atoms with Crippen LogP contribution in [-0.2, 0) is 0 Å². The highest BCUT2D eigenvalue weighted by atomic mass is 16.2. The van der Waals surface area contributed by atoms with Crippen LogP contribution in [0.1, 0.15) is 36.0 Å². The number of hydrogen-bond acceptors (Lipinski definition) is 3. The zero-order chi connectivity index (χ0) is 16.8. The number of aromatic nitrogens is 1. The Bertz CT molecular complexity index is 712. The Morgan fingerprint density at radius 3 is 2.58 bits per heavy atom. The molecule has 1 aromatic carbocycles. The van der Waals surface area contributed by atoms with Crippen LogP contribution in [0.5, 0.6) is 0 Å². The van der Waals surface area contributed by atoms with E-state index >= 15 is 0 Å². The summed E-state index contributed by atoms with van der Waals surface area (Å²) in [6.45, 7) is 0. The van der Waals surface area contributed by atoms with Gasteiger partial charge in [0, 0.05) is 23.5 Å². The summed E-state index contributed by atoms with van der Waals surface area (Å²) in [5, 5.41) is 8.46. The molecule has 3 amide bonds. The molecule has 3 rings (SSSR count). The normalized spacial score (nSPS) is 14.2. The predicted molar refractivity (Wildman–Crippen MR) is 93.0 cm³/mol. The molecule has 2 aromatic rings. The highest BCUT2D eigenvalue weighted by Crippen LogP contribution is 2.18. The maximum atomic E-state index is 12.3. The van der Waals surface area contributed by atoms with Crippen LogP contribution in [-0.4, -0.2) is 23.0 Å². The van der Waals surface area contributed by atoms with Crippen LogP contribution < -0.4 is 16.0 Å². The largest absolute Gasteiger partial charge is 0.335 e. The number of pyridine rings is 1. The molecule has 1 saturated carbocycles. The molecule has 0 unspecified atom stereocenters. The molecule has 0 aliphatic heterocycles. The van der Waals surface area contributed by atoms with Gasteiger partial charge in [0.05, 0.1) is 0 Å². The highest BCUT2D eigenvalue weighted by molar-refractivity contribution is 6.04. The fourth-order valence-electron chi connectivity index (χ4n) is 2.79. The third kappa shape index (κ3) is 4.32. The molecule has 6 nitrogen and oxygen atoms in total. The Balaban J connectivity index is 1.60. The third-order valence-corrected chi connectivity index (χ3v) is 3.98. The number of anilines is 2. The van der Waals surface area contributed by atoms with Gasteiger partial charge in [-0.25, -0.2) is 9.78 Å². The van der Waals surface area contributed by atoms with Gasteiger partial charge in [-0.2, -0.15) is 0 Å². The van der Waals surface area contributed by atoms with Crippen molar-refractivity contribution in [2.45, 2.75) is 31.7 Å². The molecular formula is C18H20N4O2. The molecule has 0 radical (unpaired) electrons. The number of carbonyl (C=O) groups is 2. The zero-order valence-corrected chi connectivity index (χ0v) is 13.3. The van der Waals surface area contributed by atoms with E-state index in [1.165, 1.54) is 0 Å². The van der Waals surface area contributed by atoms with Crippen LogP contribution in [0.25, 0.3) is 0 Å². The number of nitrogens with one attached hydrogen (secondary N) is 3. The van der Waals surface area contributed by atoms with Crippen molar-refractivity contribution >= 4 is 23.4 Å². The van der Waals surface area contributed by atoms with Crippen molar-refractivity contribution in [2.75, 3.05) is 10.6 Å². The molecule has 1 aliphatic carbocycles. The van der Waals surface area contributed by atoms with E-state index in [-0.39, 0.29) is 18.0 Å². The van der Waals surface area contributed by atoms with Crippen molar-refractivity contribution in [2.24, 2.45) is 0 Å². The molecule has 0 atom stereocenters. The molecule has 1 fully saturated rings. The molecular weight excluding hydrogens is 304 g/mol. The summed E-state index contributed by atoms with van der Waals surface area (Å²) in [6.07, 6.45) is 5.99. The van der Waals surface area contributed by atoms with Gasteiger partial charge in [0.25, 0.3) is 5.91 Å². The Morgan fingerprint density at radius 2 is 1.83 bits per heavy atom. The lowest BCUT2D eigenvalue weighted by molar-refractivity contribution is 0.102. The summed E-state index contributed by atoms with van der Waals surface area (Å²) in [4.78, 5) is 28.3. The highest BCUT2D eigenvalue weighted by Gasteiger charge is 2.17. The van der Waals surface area contributed by atoms with Crippen LogP contribution in [0.3, 0.4) is 0 Å². The first-order chi connectivity index (χ1) is 11.7. The fourth-order valence-corrected chi connectivity index (χ4v) is 2.79. The number of hydrogen-bond donors (Lipinski definition) is 3. The van der Waals surface area contributed by atoms with E-state index in [0.717, 1.165) is 25.7 Å². The Kier molecular flexibility index (Phi) is 5.05. The Hall–Kier alpha value is -2.89. The first kappa shape index (κ1) is 16.0.